The van der Waals surface area contributed by atoms with Gasteiger partial charge in [0.2, 0.25) is 4.80 Å². The van der Waals surface area contributed by atoms with Crippen LogP contribution >= 0.6 is 34.7 Å². The van der Waals surface area contributed by atoms with Crippen LogP contribution in [0.4, 0.5) is 5.69 Å². The lowest BCUT2D eigenvalue weighted by Crippen LogP contribution is -2.04. The summed E-state index contributed by atoms with van der Waals surface area (Å²) in [7, 11) is 0. The van der Waals surface area contributed by atoms with Crippen molar-refractivity contribution in [1.82, 2.24) is 8.77 Å². The van der Waals surface area contributed by atoms with Crippen LogP contribution in [-0.4, -0.2) is 8.77 Å². The third-order valence-corrected chi connectivity index (χ3v) is 3.66. The molecule has 0 saturated carbocycles. The molecule has 0 saturated heterocycles. The molecule has 0 aliphatic carbocycles. The van der Waals surface area contributed by atoms with Crippen molar-refractivity contribution in [3.63, 3.8) is 0 Å². The molecule has 3 rings (SSSR count). The lowest BCUT2D eigenvalue weighted by molar-refractivity contribution is 1.09. The largest absolute Gasteiger partial charge is 0.275 e. The molecule has 0 N–H and O–H groups in total. The number of pyridine rings is 1. The van der Waals surface area contributed by atoms with Gasteiger partial charge in [-0.3, -0.25) is 4.40 Å². The lowest BCUT2D eigenvalue weighted by Gasteiger charge is -1.97. The number of nitrogens with zero attached hydrogens (tertiary/aromatic N) is 3. The molecule has 0 spiro atoms. The van der Waals surface area contributed by atoms with E-state index < -0.39 is 0 Å². The molecule has 0 unspecified atom stereocenters. The van der Waals surface area contributed by atoms with Crippen LogP contribution in [0.15, 0.2) is 47.6 Å². The Morgan fingerprint density at radius 3 is 2.89 bits per heavy atom. The average Bonchev–Trinajstić information content (AvgIpc) is 2.76. The third-order valence-electron chi connectivity index (χ3n) is 2.39. The van der Waals surface area contributed by atoms with Gasteiger partial charge in [0, 0.05) is 22.8 Å². The number of aromatic nitrogens is 2. The van der Waals surface area contributed by atoms with Crippen molar-refractivity contribution in [2.75, 3.05) is 0 Å². The zero-order valence-corrected chi connectivity index (χ0v) is 11.4. The van der Waals surface area contributed by atoms with Crippen molar-refractivity contribution in [2.45, 2.75) is 0 Å². The number of hydrogen-bond acceptors (Lipinski definition) is 3. The molecule has 0 atom stereocenters. The number of hydrogen-bond donors (Lipinski definition) is 0. The van der Waals surface area contributed by atoms with Crippen LogP contribution in [-0.2, 0) is 0 Å². The summed E-state index contributed by atoms with van der Waals surface area (Å²) >= 11 is 13.3. The van der Waals surface area contributed by atoms with E-state index in [1.807, 2.05) is 28.8 Å². The van der Waals surface area contributed by atoms with Gasteiger partial charge in [0.1, 0.15) is 0 Å². The minimum atomic E-state index is 0.528. The molecule has 0 bridgehead atoms. The van der Waals surface area contributed by atoms with Crippen molar-refractivity contribution >= 4 is 46.1 Å². The fourth-order valence-electron chi connectivity index (χ4n) is 1.55. The molecule has 2 aromatic heterocycles. The predicted octanol–water partition coefficient (Wildman–Crippen LogP) is 3.94. The molecule has 0 aliphatic rings. The molecular weight excluding hydrogens is 289 g/mol. The summed E-state index contributed by atoms with van der Waals surface area (Å²) in [5.74, 6) is 0. The average molecular weight is 296 g/mol. The summed E-state index contributed by atoms with van der Waals surface area (Å²) in [6.07, 6.45) is 1.92. The Hall–Kier alpha value is -1.36. The SMILES string of the molecule is Clc1ccc(/N=c2\snc3ccccn23)c(Cl)c1. The Balaban J connectivity index is 2.22. The standard InChI is InChI=1S/C12H7Cl2N3S/c13-8-4-5-10(9(14)7-8)15-12-17-6-2-1-3-11(17)16-18-12/h1-7H/b15-12-. The van der Waals surface area contributed by atoms with Crippen molar-refractivity contribution in [3.05, 3.63) is 57.4 Å². The molecule has 0 radical (unpaired) electrons. The molecule has 0 aliphatic heterocycles. The Kier molecular flexibility index (Phi) is 3.07. The first kappa shape index (κ1) is 11.7. The molecule has 6 heteroatoms. The second-order valence-electron chi connectivity index (χ2n) is 3.60. The van der Waals surface area contributed by atoms with Crippen molar-refractivity contribution in [3.8, 4) is 0 Å². The molecule has 1 aromatic carbocycles. The first-order valence-electron chi connectivity index (χ1n) is 5.17. The Bertz CT molecular complexity index is 776. The van der Waals surface area contributed by atoms with E-state index in [1.165, 1.54) is 11.5 Å². The Morgan fingerprint density at radius 2 is 2.06 bits per heavy atom. The van der Waals surface area contributed by atoms with Crippen LogP contribution in [0.25, 0.3) is 5.65 Å². The van der Waals surface area contributed by atoms with Gasteiger partial charge in [0.05, 0.1) is 10.7 Å². The quantitative estimate of drug-likeness (QED) is 0.669. The van der Waals surface area contributed by atoms with E-state index in [4.69, 9.17) is 23.2 Å². The van der Waals surface area contributed by atoms with Gasteiger partial charge in [0.25, 0.3) is 0 Å². The maximum absolute atomic E-state index is 6.09. The van der Waals surface area contributed by atoms with E-state index in [1.54, 1.807) is 18.2 Å². The van der Waals surface area contributed by atoms with Crippen molar-refractivity contribution in [1.29, 1.82) is 0 Å². The summed E-state index contributed by atoms with van der Waals surface area (Å²) in [5.41, 5.74) is 1.55. The molecule has 90 valence electrons. The fraction of sp³-hybridized carbons (Fsp3) is 0. The first-order valence-corrected chi connectivity index (χ1v) is 6.70. The van der Waals surface area contributed by atoms with Crippen molar-refractivity contribution < 1.29 is 0 Å². The minimum Gasteiger partial charge on any atom is -0.275 e. The number of fused-ring (bicyclic) bond motifs is 1. The molecule has 0 fully saturated rings. The second kappa shape index (κ2) is 4.72. The normalized spacial score (nSPS) is 12.2. The highest BCUT2D eigenvalue weighted by Crippen LogP contribution is 2.27. The number of halogens is 2. The van der Waals surface area contributed by atoms with E-state index in [0.717, 1.165) is 10.4 Å². The van der Waals surface area contributed by atoms with Crippen molar-refractivity contribution in [2.24, 2.45) is 4.99 Å². The molecule has 3 aromatic rings. The van der Waals surface area contributed by atoms with E-state index in [-0.39, 0.29) is 0 Å². The third kappa shape index (κ3) is 2.14. The van der Waals surface area contributed by atoms with E-state index in [9.17, 15) is 0 Å². The Labute approximate surface area is 117 Å². The molecular formula is C12H7Cl2N3S. The number of benzene rings is 1. The highest BCUT2D eigenvalue weighted by atomic mass is 35.5. The predicted molar refractivity (Wildman–Crippen MR) is 74.8 cm³/mol. The minimum absolute atomic E-state index is 0.528. The summed E-state index contributed by atoms with van der Waals surface area (Å²) in [4.78, 5) is 5.27. The van der Waals surface area contributed by atoms with Crippen LogP contribution in [0.2, 0.25) is 10.0 Å². The van der Waals surface area contributed by atoms with Gasteiger partial charge in [-0.1, -0.05) is 29.3 Å². The number of rotatable bonds is 1. The zero-order chi connectivity index (χ0) is 12.5. The zero-order valence-electron chi connectivity index (χ0n) is 9.05. The van der Waals surface area contributed by atoms with E-state index in [2.05, 4.69) is 9.37 Å². The van der Waals surface area contributed by atoms with Crippen LogP contribution in [0.5, 0.6) is 0 Å². The monoisotopic (exact) mass is 295 g/mol. The smallest absolute Gasteiger partial charge is 0.213 e. The molecule has 3 nitrogen and oxygen atoms in total. The Morgan fingerprint density at radius 1 is 1.17 bits per heavy atom. The topological polar surface area (TPSA) is 29.7 Å². The fourth-order valence-corrected chi connectivity index (χ4v) is 2.71. The van der Waals surface area contributed by atoms with Gasteiger partial charge < -0.3 is 0 Å². The first-order chi connectivity index (χ1) is 8.74. The van der Waals surface area contributed by atoms with Gasteiger partial charge in [-0.25, -0.2) is 4.99 Å². The van der Waals surface area contributed by atoms with Gasteiger partial charge in [-0.05, 0) is 30.3 Å². The summed E-state index contributed by atoms with van der Waals surface area (Å²) in [5, 5.41) is 1.13. The summed E-state index contributed by atoms with van der Waals surface area (Å²) in [6.45, 7) is 0. The van der Waals surface area contributed by atoms with Gasteiger partial charge >= 0.3 is 0 Å². The van der Waals surface area contributed by atoms with Gasteiger partial charge in [-0.2, -0.15) is 4.37 Å². The maximum atomic E-state index is 6.09. The van der Waals surface area contributed by atoms with Gasteiger partial charge in [0.15, 0.2) is 5.65 Å². The van der Waals surface area contributed by atoms with Crippen LogP contribution in [0, 0.1) is 0 Å². The summed E-state index contributed by atoms with van der Waals surface area (Å²) < 4.78 is 6.22. The van der Waals surface area contributed by atoms with Gasteiger partial charge in [-0.15, -0.1) is 0 Å². The molecule has 18 heavy (non-hydrogen) atoms. The van der Waals surface area contributed by atoms with Crippen LogP contribution in [0.3, 0.4) is 0 Å². The summed E-state index contributed by atoms with van der Waals surface area (Å²) in [6, 6.07) is 11.0. The second-order valence-corrected chi connectivity index (χ2v) is 5.18. The highest BCUT2D eigenvalue weighted by molar-refractivity contribution is 7.03. The molecule has 2 heterocycles. The lowest BCUT2D eigenvalue weighted by atomic mass is 10.3. The van der Waals surface area contributed by atoms with Crippen LogP contribution < -0.4 is 4.80 Å². The maximum Gasteiger partial charge on any atom is 0.213 e. The molecule has 0 amide bonds. The van der Waals surface area contributed by atoms with E-state index >= 15 is 0 Å². The highest BCUT2D eigenvalue weighted by Gasteiger charge is 2.01. The van der Waals surface area contributed by atoms with E-state index in [0.29, 0.717) is 15.7 Å². The van der Waals surface area contributed by atoms with Crippen LogP contribution in [0.1, 0.15) is 0 Å².